The Hall–Kier alpha value is -1.42. The normalized spacial score (nSPS) is 18.3. The third-order valence-electron chi connectivity index (χ3n) is 3.91. The van der Waals surface area contributed by atoms with Crippen molar-refractivity contribution in [3.05, 3.63) is 30.1 Å². The largest absolute Gasteiger partial charge is 0.351 e. The van der Waals surface area contributed by atoms with E-state index in [-0.39, 0.29) is 11.3 Å². The number of amides is 1. The predicted molar refractivity (Wildman–Crippen MR) is 71.1 cm³/mol. The number of hydrogen-bond donors (Lipinski definition) is 2. The maximum absolute atomic E-state index is 12.0. The first-order valence-corrected chi connectivity index (χ1v) is 6.64. The van der Waals surface area contributed by atoms with Gasteiger partial charge in [-0.3, -0.25) is 9.78 Å². The highest BCUT2D eigenvalue weighted by molar-refractivity contribution is 5.93. The van der Waals surface area contributed by atoms with Gasteiger partial charge in [0.05, 0.1) is 0 Å². The zero-order valence-corrected chi connectivity index (χ0v) is 10.7. The van der Waals surface area contributed by atoms with Crippen LogP contribution in [0.4, 0.5) is 0 Å². The van der Waals surface area contributed by atoms with E-state index in [2.05, 4.69) is 10.3 Å². The Balaban J connectivity index is 1.92. The Morgan fingerprint density at radius 3 is 2.56 bits per heavy atom. The highest BCUT2D eigenvalue weighted by atomic mass is 16.1. The van der Waals surface area contributed by atoms with Crippen LogP contribution in [-0.2, 0) is 0 Å². The van der Waals surface area contributed by atoms with Crippen LogP contribution in [0.3, 0.4) is 0 Å². The summed E-state index contributed by atoms with van der Waals surface area (Å²) in [5, 5.41) is 3.01. The molecule has 1 saturated carbocycles. The Labute approximate surface area is 108 Å². The predicted octanol–water partition coefficient (Wildman–Crippen LogP) is 1.72. The molecule has 1 aromatic heterocycles. The van der Waals surface area contributed by atoms with Gasteiger partial charge in [0.2, 0.25) is 0 Å². The van der Waals surface area contributed by atoms with Gasteiger partial charge in [-0.15, -0.1) is 0 Å². The molecule has 1 aliphatic carbocycles. The van der Waals surface area contributed by atoms with E-state index in [9.17, 15) is 4.79 Å². The van der Waals surface area contributed by atoms with Crippen molar-refractivity contribution >= 4 is 5.91 Å². The fraction of sp³-hybridized carbons (Fsp3) is 0.571. The molecule has 1 aromatic rings. The SMILES string of the molecule is NCC1(CNC(=O)c2ccncc2)CCCCC1. The van der Waals surface area contributed by atoms with E-state index in [1.807, 2.05) is 0 Å². The molecule has 0 saturated heterocycles. The Morgan fingerprint density at radius 1 is 1.28 bits per heavy atom. The molecular formula is C14H21N3O. The van der Waals surface area contributed by atoms with Crippen LogP contribution in [-0.4, -0.2) is 24.0 Å². The number of rotatable bonds is 4. The van der Waals surface area contributed by atoms with Gasteiger partial charge in [0, 0.05) is 24.5 Å². The third-order valence-corrected chi connectivity index (χ3v) is 3.91. The first-order chi connectivity index (χ1) is 8.76. The van der Waals surface area contributed by atoms with E-state index >= 15 is 0 Å². The molecule has 0 unspecified atom stereocenters. The topological polar surface area (TPSA) is 68.0 Å². The van der Waals surface area contributed by atoms with E-state index in [0.717, 1.165) is 12.8 Å². The average molecular weight is 247 g/mol. The molecule has 0 aliphatic heterocycles. The summed E-state index contributed by atoms with van der Waals surface area (Å²) in [5.74, 6) is -0.0317. The molecule has 3 N–H and O–H groups in total. The average Bonchev–Trinajstić information content (AvgIpc) is 2.47. The smallest absolute Gasteiger partial charge is 0.251 e. The van der Waals surface area contributed by atoms with Crippen molar-refractivity contribution in [2.75, 3.05) is 13.1 Å². The molecule has 0 aromatic carbocycles. The molecule has 4 heteroatoms. The van der Waals surface area contributed by atoms with Crippen LogP contribution in [0.25, 0.3) is 0 Å². The number of carbonyl (C=O) groups excluding carboxylic acids is 1. The molecule has 0 spiro atoms. The van der Waals surface area contributed by atoms with E-state index in [1.54, 1.807) is 24.5 Å². The molecule has 1 amide bonds. The Bertz CT molecular complexity index is 385. The monoisotopic (exact) mass is 247 g/mol. The lowest BCUT2D eigenvalue weighted by atomic mass is 9.74. The molecule has 1 heterocycles. The number of nitrogens with one attached hydrogen (secondary N) is 1. The van der Waals surface area contributed by atoms with Crippen LogP contribution in [0.15, 0.2) is 24.5 Å². The van der Waals surface area contributed by atoms with Gasteiger partial charge in [-0.1, -0.05) is 19.3 Å². The second kappa shape index (κ2) is 5.96. The van der Waals surface area contributed by atoms with Gasteiger partial charge in [-0.25, -0.2) is 0 Å². The second-order valence-electron chi connectivity index (χ2n) is 5.18. The molecule has 18 heavy (non-hydrogen) atoms. The summed E-state index contributed by atoms with van der Waals surface area (Å²) in [7, 11) is 0. The standard InChI is InChI=1S/C14H21N3O/c15-10-14(6-2-1-3-7-14)11-17-13(18)12-4-8-16-9-5-12/h4-5,8-9H,1-3,6-7,10-11,15H2,(H,17,18). The minimum atomic E-state index is -0.0317. The van der Waals surface area contributed by atoms with Crippen LogP contribution in [0, 0.1) is 5.41 Å². The van der Waals surface area contributed by atoms with Crippen molar-refractivity contribution in [1.29, 1.82) is 0 Å². The fourth-order valence-electron chi connectivity index (χ4n) is 2.63. The summed E-state index contributed by atoms with van der Waals surface area (Å²) in [6.07, 6.45) is 9.26. The zero-order chi connectivity index (χ0) is 12.8. The van der Waals surface area contributed by atoms with Crippen molar-refractivity contribution in [1.82, 2.24) is 10.3 Å². The highest BCUT2D eigenvalue weighted by Gasteiger charge is 2.30. The lowest BCUT2D eigenvalue weighted by Crippen LogP contribution is -2.43. The van der Waals surface area contributed by atoms with Crippen molar-refractivity contribution in [3.63, 3.8) is 0 Å². The summed E-state index contributed by atoms with van der Waals surface area (Å²) in [5.41, 5.74) is 6.67. The van der Waals surface area contributed by atoms with Gasteiger partial charge in [0.1, 0.15) is 0 Å². The summed E-state index contributed by atoms with van der Waals surface area (Å²) in [4.78, 5) is 15.9. The summed E-state index contributed by atoms with van der Waals surface area (Å²) in [6.45, 7) is 1.34. The Kier molecular flexibility index (Phi) is 4.31. The minimum Gasteiger partial charge on any atom is -0.351 e. The van der Waals surface area contributed by atoms with Crippen LogP contribution < -0.4 is 11.1 Å². The maximum atomic E-state index is 12.0. The number of nitrogens with two attached hydrogens (primary N) is 1. The quantitative estimate of drug-likeness (QED) is 0.851. The number of hydrogen-bond acceptors (Lipinski definition) is 3. The molecule has 0 radical (unpaired) electrons. The van der Waals surface area contributed by atoms with E-state index in [1.165, 1.54) is 19.3 Å². The Morgan fingerprint density at radius 2 is 1.94 bits per heavy atom. The van der Waals surface area contributed by atoms with Crippen LogP contribution in [0.5, 0.6) is 0 Å². The first kappa shape index (κ1) is 13.0. The van der Waals surface area contributed by atoms with Crippen LogP contribution in [0.2, 0.25) is 0 Å². The number of nitrogens with zero attached hydrogens (tertiary/aromatic N) is 1. The van der Waals surface area contributed by atoms with E-state index in [4.69, 9.17) is 5.73 Å². The summed E-state index contributed by atoms with van der Waals surface area (Å²) >= 11 is 0. The lowest BCUT2D eigenvalue weighted by molar-refractivity contribution is 0.0914. The van der Waals surface area contributed by atoms with E-state index in [0.29, 0.717) is 18.7 Å². The van der Waals surface area contributed by atoms with Gasteiger partial charge in [0.25, 0.3) is 5.91 Å². The molecule has 0 atom stereocenters. The molecule has 0 bridgehead atoms. The fourth-order valence-corrected chi connectivity index (χ4v) is 2.63. The maximum Gasteiger partial charge on any atom is 0.251 e. The zero-order valence-electron chi connectivity index (χ0n) is 10.7. The van der Waals surface area contributed by atoms with Crippen LogP contribution in [0.1, 0.15) is 42.5 Å². The lowest BCUT2D eigenvalue weighted by Gasteiger charge is -2.36. The van der Waals surface area contributed by atoms with Gasteiger partial charge in [-0.2, -0.15) is 0 Å². The molecule has 98 valence electrons. The van der Waals surface area contributed by atoms with Crippen LogP contribution >= 0.6 is 0 Å². The van der Waals surface area contributed by atoms with Crippen molar-refractivity contribution in [2.24, 2.45) is 11.1 Å². The number of carbonyl (C=O) groups is 1. The van der Waals surface area contributed by atoms with E-state index < -0.39 is 0 Å². The molecule has 2 rings (SSSR count). The van der Waals surface area contributed by atoms with Crippen molar-refractivity contribution in [2.45, 2.75) is 32.1 Å². The number of aromatic nitrogens is 1. The first-order valence-electron chi connectivity index (χ1n) is 6.64. The van der Waals surface area contributed by atoms with Crippen molar-refractivity contribution in [3.8, 4) is 0 Å². The molecule has 4 nitrogen and oxygen atoms in total. The summed E-state index contributed by atoms with van der Waals surface area (Å²) < 4.78 is 0. The minimum absolute atomic E-state index is 0.0317. The van der Waals surface area contributed by atoms with Gasteiger partial charge in [-0.05, 0) is 36.9 Å². The molecule has 1 fully saturated rings. The second-order valence-corrected chi connectivity index (χ2v) is 5.18. The highest BCUT2D eigenvalue weighted by Crippen LogP contribution is 2.34. The molecule has 1 aliphatic rings. The van der Waals surface area contributed by atoms with Crippen molar-refractivity contribution < 1.29 is 4.79 Å². The summed E-state index contributed by atoms with van der Waals surface area (Å²) in [6, 6.07) is 3.46. The van der Waals surface area contributed by atoms with Gasteiger partial charge in [0.15, 0.2) is 0 Å². The van der Waals surface area contributed by atoms with Gasteiger partial charge >= 0.3 is 0 Å². The third kappa shape index (κ3) is 3.07. The molecular weight excluding hydrogens is 226 g/mol. The van der Waals surface area contributed by atoms with Gasteiger partial charge < -0.3 is 11.1 Å². The number of pyridine rings is 1.